The number of hydrogen-bond donors (Lipinski definition) is 2. The first-order valence-electron chi connectivity index (χ1n) is 7.50. The number of carbonyl (C=O) groups is 1. The Morgan fingerprint density at radius 3 is 3.15 bits per heavy atom. The van der Waals surface area contributed by atoms with Crippen molar-refractivity contribution in [1.29, 1.82) is 0 Å². The van der Waals surface area contributed by atoms with Crippen LogP contribution in [0.3, 0.4) is 0 Å². The minimum atomic E-state index is -0.643. The number of ether oxygens (including phenoxy) is 2. The van der Waals surface area contributed by atoms with Crippen molar-refractivity contribution in [2.45, 2.75) is 6.92 Å². The van der Waals surface area contributed by atoms with E-state index in [0.29, 0.717) is 11.3 Å². The molecule has 0 saturated carbocycles. The molecule has 2 aromatic rings. The van der Waals surface area contributed by atoms with E-state index in [1.165, 1.54) is 0 Å². The Morgan fingerprint density at radius 2 is 2.35 bits per heavy atom. The molecule has 0 saturated heterocycles. The predicted octanol–water partition coefficient (Wildman–Crippen LogP) is 2.70. The standard InChI is InChI=1S/C16H13ClFN5O3/c1-2-25-13(24)7-12-22-23-15(26-12)9-4-3-5-10(6-9)20-14-11(18)8-19-16(17)21-14/h3-8,22H,2H2,1H3,(H,19,20,21)/b12-7+. The molecule has 0 spiro atoms. The number of carbonyl (C=O) groups excluding carboxylic acids is 1. The molecule has 0 bridgehead atoms. The van der Waals surface area contributed by atoms with Crippen LogP contribution in [-0.4, -0.2) is 28.4 Å². The van der Waals surface area contributed by atoms with Gasteiger partial charge >= 0.3 is 5.97 Å². The highest BCUT2D eigenvalue weighted by Crippen LogP contribution is 2.21. The summed E-state index contributed by atoms with van der Waals surface area (Å²) in [6, 6.07) is 6.83. The fourth-order valence-electron chi connectivity index (χ4n) is 2.03. The number of benzene rings is 1. The summed E-state index contributed by atoms with van der Waals surface area (Å²) in [4.78, 5) is 18.8. The normalized spacial score (nSPS) is 14.4. The molecule has 26 heavy (non-hydrogen) atoms. The van der Waals surface area contributed by atoms with Crippen LogP contribution in [0.15, 0.2) is 47.5 Å². The van der Waals surface area contributed by atoms with Gasteiger partial charge in [-0.3, -0.25) is 0 Å². The van der Waals surface area contributed by atoms with Crippen LogP contribution in [0.5, 0.6) is 0 Å². The Hall–Kier alpha value is -3.20. The van der Waals surface area contributed by atoms with Crippen LogP contribution in [0.4, 0.5) is 15.9 Å². The lowest BCUT2D eigenvalue weighted by Crippen LogP contribution is -2.07. The zero-order valence-corrected chi connectivity index (χ0v) is 14.2. The Kier molecular flexibility index (Phi) is 5.28. The highest BCUT2D eigenvalue weighted by atomic mass is 35.5. The number of esters is 1. The Labute approximate surface area is 152 Å². The van der Waals surface area contributed by atoms with Gasteiger partial charge in [0.1, 0.15) is 0 Å². The second kappa shape index (κ2) is 7.79. The molecule has 0 radical (unpaired) electrons. The predicted molar refractivity (Wildman–Crippen MR) is 92.2 cm³/mol. The Bertz CT molecular complexity index is 903. The monoisotopic (exact) mass is 377 g/mol. The van der Waals surface area contributed by atoms with Gasteiger partial charge in [-0.2, -0.15) is 4.98 Å². The maximum absolute atomic E-state index is 13.7. The number of hydrogen-bond acceptors (Lipinski definition) is 8. The third kappa shape index (κ3) is 4.25. The molecule has 0 atom stereocenters. The highest BCUT2D eigenvalue weighted by Gasteiger charge is 2.17. The van der Waals surface area contributed by atoms with Crippen molar-refractivity contribution in [1.82, 2.24) is 15.4 Å². The fourth-order valence-corrected chi connectivity index (χ4v) is 2.17. The zero-order valence-electron chi connectivity index (χ0n) is 13.5. The maximum Gasteiger partial charge on any atom is 0.336 e. The van der Waals surface area contributed by atoms with E-state index in [-0.39, 0.29) is 29.5 Å². The lowest BCUT2D eigenvalue weighted by molar-refractivity contribution is -0.137. The van der Waals surface area contributed by atoms with Gasteiger partial charge in [-0.25, -0.2) is 19.6 Å². The van der Waals surface area contributed by atoms with Gasteiger partial charge in [0.15, 0.2) is 11.6 Å². The number of nitrogens with zero attached hydrogens (tertiary/aromatic N) is 3. The third-order valence-electron chi connectivity index (χ3n) is 3.10. The number of halogens is 2. The van der Waals surface area contributed by atoms with Gasteiger partial charge < -0.3 is 14.8 Å². The second-order valence-corrected chi connectivity index (χ2v) is 5.27. The Morgan fingerprint density at radius 1 is 1.50 bits per heavy atom. The van der Waals surface area contributed by atoms with E-state index in [2.05, 4.69) is 25.8 Å². The van der Waals surface area contributed by atoms with E-state index in [1.807, 2.05) is 0 Å². The molecule has 0 unspecified atom stereocenters. The second-order valence-electron chi connectivity index (χ2n) is 4.93. The van der Waals surface area contributed by atoms with Crippen LogP contribution in [0.25, 0.3) is 0 Å². The molecular weight excluding hydrogens is 365 g/mol. The molecule has 0 aliphatic carbocycles. The van der Waals surface area contributed by atoms with Crippen molar-refractivity contribution in [2.75, 3.05) is 11.9 Å². The number of hydrazone groups is 1. The molecule has 1 aliphatic heterocycles. The first-order valence-corrected chi connectivity index (χ1v) is 7.88. The lowest BCUT2D eigenvalue weighted by Gasteiger charge is -2.08. The number of aromatic nitrogens is 2. The number of anilines is 2. The molecule has 0 amide bonds. The molecule has 134 valence electrons. The smallest absolute Gasteiger partial charge is 0.336 e. The topological polar surface area (TPSA) is 97.7 Å². The van der Waals surface area contributed by atoms with Gasteiger partial charge in [-0.05, 0) is 36.7 Å². The molecule has 3 rings (SSSR count). The lowest BCUT2D eigenvalue weighted by atomic mass is 10.2. The van der Waals surface area contributed by atoms with E-state index in [4.69, 9.17) is 21.1 Å². The molecule has 2 heterocycles. The average molecular weight is 378 g/mol. The summed E-state index contributed by atoms with van der Waals surface area (Å²) in [6.07, 6.45) is 2.13. The van der Waals surface area contributed by atoms with E-state index in [9.17, 15) is 9.18 Å². The average Bonchev–Trinajstić information content (AvgIpc) is 3.07. The van der Waals surface area contributed by atoms with Crippen LogP contribution < -0.4 is 10.7 Å². The van der Waals surface area contributed by atoms with Crippen LogP contribution in [0, 0.1) is 5.82 Å². The van der Waals surface area contributed by atoms with Gasteiger partial charge in [0.05, 0.1) is 18.9 Å². The minimum Gasteiger partial charge on any atom is -0.463 e. The van der Waals surface area contributed by atoms with Crippen molar-refractivity contribution >= 4 is 35.0 Å². The van der Waals surface area contributed by atoms with E-state index >= 15 is 0 Å². The summed E-state index contributed by atoms with van der Waals surface area (Å²) in [5.41, 5.74) is 3.71. The molecule has 0 fully saturated rings. The van der Waals surface area contributed by atoms with Crippen molar-refractivity contribution in [3.8, 4) is 0 Å². The largest absolute Gasteiger partial charge is 0.463 e. The highest BCUT2D eigenvalue weighted by molar-refractivity contribution is 6.28. The van der Waals surface area contributed by atoms with Crippen molar-refractivity contribution in [2.24, 2.45) is 5.10 Å². The van der Waals surface area contributed by atoms with Crippen LogP contribution in [0.1, 0.15) is 12.5 Å². The summed E-state index contributed by atoms with van der Waals surface area (Å²) in [5, 5.41) is 6.73. The van der Waals surface area contributed by atoms with Gasteiger partial charge in [0.2, 0.25) is 17.1 Å². The molecule has 2 N–H and O–H groups in total. The van der Waals surface area contributed by atoms with Gasteiger partial charge in [0, 0.05) is 11.3 Å². The van der Waals surface area contributed by atoms with Crippen molar-refractivity contribution in [3.05, 3.63) is 59.1 Å². The quantitative estimate of drug-likeness (QED) is 0.469. The first kappa shape index (κ1) is 17.6. The summed E-state index contributed by atoms with van der Waals surface area (Å²) in [7, 11) is 0. The van der Waals surface area contributed by atoms with Gasteiger partial charge in [-0.15, -0.1) is 5.10 Å². The molecule has 1 aromatic carbocycles. The minimum absolute atomic E-state index is 0.0579. The molecule has 1 aliphatic rings. The van der Waals surface area contributed by atoms with Gasteiger partial charge in [0.25, 0.3) is 0 Å². The molecule has 1 aromatic heterocycles. The molecular formula is C16H13ClFN5O3. The summed E-state index contributed by atoms with van der Waals surface area (Å²) in [5.74, 6) is -0.859. The third-order valence-corrected chi connectivity index (χ3v) is 3.28. The molecule has 10 heteroatoms. The number of nitrogens with one attached hydrogen (secondary N) is 2. The fraction of sp³-hybridized carbons (Fsp3) is 0.125. The maximum atomic E-state index is 13.7. The number of rotatable bonds is 5. The van der Waals surface area contributed by atoms with Crippen LogP contribution in [-0.2, 0) is 14.3 Å². The van der Waals surface area contributed by atoms with E-state index < -0.39 is 11.8 Å². The van der Waals surface area contributed by atoms with E-state index in [0.717, 1.165) is 12.3 Å². The SMILES string of the molecule is CCOC(=O)/C=C1\NN=C(c2cccc(Nc3nc(Cl)ncc3F)c2)O1. The molecule has 8 nitrogen and oxygen atoms in total. The summed E-state index contributed by atoms with van der Waals surface area (Å²) < 4.78 is 24.0. The van der Waals surface area contributed by atoms with Crippen LogP contribution in [0.2, 0.25) is 5.28 Å². The zero-order chi connectivity index (χ0) is 18.5. The van der Waals surface area contributed by atoms with E-state index in [1.54, 1.807) is 31.2 Å². The van der Waals surface area contributed by atoms with Crippen molar-refractivity contribution < 1.29 is 18.7 Å². The summed E-state index contributed by atoms with van der Waals surface area (Å²) in [6.45, 7) is 1.96. The van der Waals surface area contributed by atoms with Crippen molar-refractivity contribution in [3.63, 3.8) is 0 Å². The summed E-state index contributed by atoms with van der Waals surface area (Å²) >= 11 is 5.68. The Balaban J connectivity index is 1.74. The first-order chi connectivity index (χ1) is 12.5. The van der Waals surface area contributed by atoms with Crippen LogP contribution >= 0.6 is 11.6 Å². The van der Waals surface area contributed by atoms with Gasteiger partial charge in [-0.1, -0.05) is 6.07 Å².